The Balaban J connectivity index is 1.52. The molecule has 2 aromatic heterocycles. The van der Waals surface area contributed by atoms with Crippen LogP contribution in [0.25, 0.3) is 10.2 Å². The van der Waals surface area contributed by atoms with Crippen LogP contribution in [-0.4, -0.2) is 65.0 Å². The van der Waals surface area contributed by atoms with Gasteiger partial charge in [0.15, 0.2) is 5.82 Å². The quantitative estimate of drug-likeness (QED) is 0.728. The van der Waals surface area contributed by atoms with Crippen molar-refractivity contribution in [2.45, 2.75) is 6.92 Å². The highest BCUT2D eigenvalue weighted by Gasteiger charge is 2.23. The summed E-state index contributed by atoms with van der Waals surface area (Å²) in [6.45, 7) is 5.21. The molecule has 3 aromatic rings. The standard InChI is InChI=1S/C19H21N5O2S/c1-12-3-5-13(6-4-12)17(25)20-16-14-11-15(27-18(14)22-21-16)19(26)24-9-7-23(2)8-10-24/h3-6,11H,7-10H2,1-2H3,(H2,20,21,22,25). The van der Waals surface area contributed by atoms with Gasteiger partial charge in [-0.25, -0.2) is 0 Å². The molecule has 27 heavy (non-hydrogen) atoms. The van der Waals surface area contributed by atoms with E-state index in [-0.39, 0.29) is 11.8 Å². The largest absolute Gasteiger partial charge is 0.335 e. The van der Waals surface area contributed by atoms with E-state index in [9.17, 15) is 9.59 Å². The van der Waals surface area contributed by atoms with Crippen LogP contribution in [0.2, 0.25) is 0 Å². The molecular weight excluding hydrogens is 362 g/mol. The third kappa shape index (κ3) is 3.58. The molecular formula is C19H21N5O2S. The molecule has 4 rings (SSSR count). The average Bonchev–Trinajstić information content (AvgIpc) is 3.24. The maximum absolute atomic E-state index is 12.8. The van der Waals surface area contributed by atoms with Crippen molar-refractivity contribution in [1.82, 2.24) is 20.0 Å². The third-order valence-corrected chi connectivity index (χ3v) is 5.83. The Kier molecular flexibility index (Phi) is 4.67. The number of fused-ring (bicyclic) bond motifs is 1. The van der Waals surface area contributed by atoms with Gasteiger partial charge in [-0.3, -0.25) is 14.7 Å². The van der Waals surface area contributed by atoms with Crippen LogP contribution < -0.4 is 5.32 Å². The maximum atomic E-state index is 12.8. The first-order valence-corrected chi connectivity index (χ1v) is 9.66. The Hall–Kier alpha value is -2.71. The fraction of sp³-hybridized carbons (Fsp3) is 0.316. The Labute approximate surface area is 161 Å². The summed E-state index contributed by atoms with van der Waals surface area (Å²) in [7, 11) is 2.06. The minimum absolute atomic E-state index is 0.0357. The van der Waals surface area contributed by atoms with Crippen molar-refractivity contribution in [3.8, 4) is 0 Å². The van der Waals surface area contributed by atoms with Crippen molar-refractivity contribution < 1.29 is 9.59 Å². The summed E-state index contributed by atoms with van der Waals surface area (Å²) in [6, 6.07) is 9.17. The number of hydrogen-bond donors (Lipinski definition) is 2. The molecule has 2 N–H and O–H groups in total. The van der Waals surface area contributed by atoms with E-state index in [2.05, 4.69) is 27.5 Å². The van der Waals surface area contributed by atoms with Crippen molar-refractivity contribution in [1.29, 1.82) is 0 Å². The first-order chi connectivity index (χ1) is 13.0. The summed E-state index contributed by atoms with van der Waals surface area (Å²) in [5.74, 6) is 0.263. The average molecular weight is 383 g/mol. The zero-order valence-electron chi connectivity index (χ0n) is 15.3. The predicted molar refractivity (Wildman–Crippen MR) is 107 cm³/mol. The van der Waals surface area contributed by atoms with Gasteiger partial charge in [-0.15, -0.1) is 11.3 Å². The Morgan fingerprint density at radius 3 is 2.56 bits per heavy atom. The minimum atomic E-state index is -0.221. The highest BCUT2D eigenvalue weighted by Crippen LogP contribution is 2.30. The van der Waals surface area contributed by atoms with E-state index in [0.29, 0.717) is 16.3 Å². The van der Waals surface area contributed by atoms with Gasteiger partial charge < -0.3 is 15.1 Å². The Morgan fingerprint density at radius 1 is 1.15 bits per heavy atom. The van der Waals surface area contributed by atoms with Gasteiger partial charge in [0.2, 0.25) is 0 Å². The molecule has 0 saturated carbocycles. The van der Waals surface area contributed by atoms with E-state index in [0.717, 1.165) is 42.0 Å². The molecule has 1 saturated heterocycles. The molecule has 0 bridgehead atoms. The highest BCUT2D eigenvalue weighted by molar-refractivity contribution is 7.20. The summed E-state index contributed by atoms with van der Waals surface area (Å²) in [5, 5.41) is 10.7. The first kappa shape index (κ1) is 17.7. The van der Waals surface area contributed by atoms with Gasteiger partial charge in [0.05, 0.1) is 10.3 Å². The number of benzene rings is 1. The van der Waals surface area contributed by atoms with Crippen LogP contribution in [-0.2, 0) is 0 Å². The number of aromatic amines is 1. The van der Waals surface area contributed by atoms with Gasteiger partial charge in [0, 0.05) is 31.7 Å². The number of thiophene rings is 1. The fourth-order valence-corrected chi connectivity index (χ4v) is 4.04. The molecule has 1 fully saturated rings. The lowest BCUT2D eigenvalue weighted by molar-refractivity contribution is 0.0669. The van der Waals surface area contributed by atoms with E-state index in [4.69, 9.17) is 0 Å². The second kappa shape index (κ2) is 7.13. The van der Waals surface area contributed by atoms with Crippen molar-refractivity contribution in [3.05, 3.63) is 46.3 Å². The summed E-state index contributed by atoms with van der Waals surface area (Å²) >= 11 is 1.37. The molecule has 0 aliphatic carbocycles. The molecule has 8 heteroatoms. The number of nitrogens with one attached hydrogen (secondary N) is 2. The molecule has 1 aliphatic rings. The number of likely N-dealkylation sites (N-methyl/N-ethyl adjacent to an activating group) is 1. The van der Waals surface area contributed by atoms with Crippen LogP contribution in [0, 0.1) is 6.92 Å². The first-order valence-electron chi connectivity index (χ1n) is 8.85. The second-order valence-corrected chi connectivity index (χ2v) is 7.89. The Morgan fingerprint density at radius 2 is 1.85 bits per heavy atom. The Bertz CT molecular complexity index is 983. The summed E-state index contributed by atoms with van der Waals surface area (Å²) in [4.78, 5) is 30.7. The second-order valence-electron chi connectivity index (χ2n) is 6.84. The normalized spacial score (nSPS) is 15.3. The lowest BCUT2D eigenvalue weighted by atomic mass is 10.1. The number of aromatic nitrogens is 2. The summed E-state index contributed by atoms with van der Waals surface area (Å²) < 4.78 is 0. The summed E-state index contributed by atoms with van der Waals surface area (Å²) in [5.41, 5.74) is 1.67. The van der Waals surface area contributed by atoms with Gasteiger partial charge in [-0.2, -0.15) is 5.10 Å². The number of carbonyl (C=O) groups is 2. The molecule has 0 radical (unpaired) electrons. The SMILES string of the molecule is Cc1ccc(C(=O)Nc2n[nH]c3sc(C(=O)N4CCN(C)CC4)cc23)cc1. The number of anilines is 1. The highest BCUT2D eigenvalue weighted by atomic mass is 32.1. The zero-order chi connectivity index (χ0) is 19.0. The summed E-state index contributed by atoms with van der Waals surface area (Å²) in [6.07, 6.45) is 0. The molecule has 0 atom stereocenters. The van der Waals surface area contributed by atoms with Gasteiger partial charge in [0.1, 0.15) is 4.83 Å². The van der Waals surface area contributed by atoms with Crippen LogP contribution in [0.4, 0.5) is 5.82 Å². The number of carbonyl (C=O) groups excluding carboxylic acids is 2. The molecule has 1 aliphatic heterocycles. The van der Waals surface area contributed by atoms with Crippen molar-refractivity contribution >= 4 is 39.2 Å². The molecule has 3 heterocycles. The van der Waals surface area contributed by atoms with E-state index < -0.39 is 0 Å². The van der Waals surface area contributed by atoms with Gasteiger partial charge >= 0.3 is 0 Å². The van der Waals surface area contributed by atoms with E-state index in [1.807, 2.05) is 30.0 Å². The van der Waals surface area contributed by atoms with Crippen LogP contribution in [0.3, 0.4) is 0 Å². The van der Waals surface area contributed by atoms with E-state index in [1.165, 1.54) is 11.3 Å². The number of rotatable bonds is 3. The van der Waals surface area contributed by atoms with Crippen LogP contribution in [0.1, 0.15) is 25.6 Å². The van der Waals surface area contributed by atoms with Crippen LogP contribution in [0.5, 0.6) is 0 Å². The number of amides is 2. The van der Waals surface area contributed by atoms with E-state index in [1.54, 1.807) is 12.1 Å². The lowest BCUT2D eigenvalue weighted by Crippen LogP contribution is -2.46. The molecule has 1 aromatic carbocycles. The minimum Gasteiger partial charge on any atom is -0.335 e. The molecule has 2 amide bonds. The lowest BCUT2D eigenvalue weighted by Gasteiger charge is -2.32. The predicted octanol–water partition coefficient (Wildman–Crippen LogP) is 2.57. The number of piperazine rings is 1. The smallest absolute Gasteiger partial charge is 0.264 e. The molecule has 0 unspecified atom stereocenters. The molecule has 140 valence electrons. The number of hydrogen-bond acceptors (Lipinski definition) is 5. The molecule has 0 spiro atoms. The number of nitrogens with zero attached hydrogens (tertiary/aromatic N) is 3. The van der Waals surface area contributed by atoms with Crippen molar-refractivity contribution in [2.24, 2.45) is 0 Å². The fourth-order valence-electron chi connectivity index (χ4n) is 3.07. The van der Waals surface area contributed by atoms with Crippen molar-refractivity contribution in [3.63, 3.8) is 0 Å². The van der Waals surface area contributed by atoms with Gasteiger partial charge in [-0.05, 0) is 32.2 Å². The van der Waals surface area contributed by atoms with Gasteiger partial charge in [0.25, 0.3) is 11.8 Å². The van der Waals surface area contributed by atoms with E-state index >= 15 is 0 Å². The van der Waals surface area contributed by atoms with Crippen LogP contribution in [0.15, 0.2) is 30.3 Å². The van der Waals surface area contributed by atoms with Gasteiger partial charge in [-0.1, -0.05) is 17.7 Å². The third-order valence-electron chi connectivity index (χ3n) is 4.80. The van der Waals surface area contributed by atoms with Crippen molar-refractivity contribution in [2.75, 3.05) is 38.5 Å². The maximum Gasteiger partial charge on any atom is 0.264 e. The number of aryl methyl sites for hydroxylation is 1. The number of H-pyrrole nitrogens is 1. The monoisotopic (exact) mass is 383 g/mol. The zero-order valence-corrected chi connectivity index (χ0v) is 16.1. The molecule has 7 nitrogen and oxygen atoms in total. The topological polar surface area (TPSA) is 81.3 Å². The van der Waals surface area contributed by atoms with Crippen LogP contribution >= 0.6 is 11.3 Å².